The van der Waals surface area contributed by atoms with Gasteiger partial charge in [0, 0.05) is 0 Å². The molecule has 0 fully saturated rings. The Morgan fingerprint density at radius 1 is 1.12 bits per heavy atom. The second kappa shape index (κ2) is 9.68. The zero-order valence-corrected chi connectivity index (χ0v) is 15.4. The maximum absolute atomic E-state index is 12.2. The molecule has 138 valence electrons. The van der Waals surface area contributed by atoms with Crippen molar-refractivity contribution >= 4 is 23.4 Å². The number of carbonyl (C=O) groups excluding carboxylic acids is 2. The van der Waals surface area contributed by atoms with Crippen molar-refractivity contribution < 1.29 is 19.1 Å². The normalized spacial score (nSPS) is 11.3. The highest BCUT2D eigenvalue weighted by molar-refractivity contribution is 6.32. The van der Waals surface area contributed by atoms with Gasteiger partial charge in [0.2, 0.25) is 0 Å². The molecule has 26 heavy (non-hydrogen) atoms. The lowest BCUT2D eigenvalue weighted by molar-refractivity contribution is -0.134. The maximum atomic E-state index is 12.2. The molecule has 0 heterocycles. The first-order valence-corrected chi connectivity index (χ1v) is 8.56. The fraction of sp³-hybridized carbons (Fsp3) is 0.263. The molecule has 0 spiro atoms. The predicted octanol–water partition coefficient (Wildman–Crippen LogP) is 3.03. The van der Waals surface area contributed by atoms with Gasteiger partial charge in [0.15, 0.2) is 12.7 Å². The van der Waals surface area contributed by atoms with E-state index in [-0.39, 0.29) is 6.61 Å². The summed E-state index contributed by atoms with van der Waals surface area (Å²) in [5.74, 6) is 0.0361. The molecule has 0 aliphatic rings. The molecule has 0 saturated carbocycles. The lowest BCUT2D eigenvalue weighted by Crippen LogP contribution is -2.49. The molecule has 1 unspecified atom stereocenters. The highest BCUT2D eigenvalue weighted by Crippen LogP contribution is 2.22. The number of nitrogens with one attached hydrogen (secondary N) is 2. The molecular formula is C19H21ClN2O4. The molecule has 0 aliphatic carbocycles. The molecule has 1 atom stereocenters. The van der Waals surface area contributed by atoms with E-state index in [0.717, 1.165) is 5.56 Å². The molecule has 0 aliphatic heterocycles. The molecule has 0 aromatic heterocycles. The Bertz CT molecular complexity index is 767. The van der Waals surface area contributed by atoms with Gasteiger partial charge in [-0.05, 0) is 43.2 Å². The van der Waals surface area contributed by atoms with E-state index in [1.54, 1.807) is 30.3 Å². The van der Waals surface area contributed by atoms with Crippen LogP contribution in [0.1, 0.15) is 18.9 Å². The molecule has 2 aromatic carbocycles. The molecular weight excluding hydrogens is 356 g/mol. The van der Waals surface area contributed by atoms with Crippen molar-refractivity contribution in [2.75, 3.05) is 6.61 Å². The number of amides is 2. The van der Waals surface area contributed by atoms with Crippen LogP contribution in [0.25, 0.3) is 0 Å². The molecule has 2 aromatic rings. The number of hydrazine groups is 1. The van der Waals surface area contributed by atoms with Gasteiger partial charge in [-0.2, -0.15) is 0 Å². The van der Waals surface area contributed by atoms with E-state index in [2.05, 4.69) is 10.9 Å². The molecule has 0 saturated heterocycles. The molecule has 0 bridgehead atoms. The number of hydrogen-bond acceptors (Lipinski definition) is 4. The molecule has 0 radical (unpaired) electrons. The van der Waals surface area contributed by atoms with Crippen molar-refractivity contribution in [3.05, 3.63) is 59.1 Å². The van der Waals surface area contributed by atoms with Crippen molar-refractivity contribution in [1.29, 1.82) is 0 Å². The average Bonchev–Trinajstić information content (AvgIpc) is 2.63. The van der Waals surface area contributed by atoms with E-state index in [1.807, 2.05) is 32.0 Å². The summed E-state index contributed by atoms with van der Waals surface area (Å²) < 4.78 is 11.0. The summed E-state index contributed by atoms with van der Waals surface area (Å²) in [6.45, 7) is 3.48. The number of carbonyl (C=O) groups is 2. The number of benzene rings is 2. The number of halogens is 1. The van der Waals surface area contributed by atoms with Gasteiger partial charge >= 0.3 is 0 Å². The number of rotatable bonds is 7. The Labute approximate surface area is 157 Å². The number of hydrogen-bond donors (Lipinski definition) is 2. The van der Waals surface area contributed by atoms with Gasteiger partial charge < -0.3 is 9.47 Å². The number of para-hydroxylation sites is 1. The van der Waals surface area contributed by atoms with Gasteiger partial charge in [-0.25, -0.2) is 0 Å². The fourth-order valence-corrected chi connectivity index (χ4v) is 2.32. The van der Waals surface area contributed by atoms with Crippen molar-refractivity contribution in [3.8, 4) is 11.5 Å². The lowest BCUT2D eigenvalue weighted by atomic mass is 10.2. The summed E-state index contributed by atoms with van der Waals surface area (Å²) in [5.41, 5.74) is 5.67. The topological polar surface area (TPSA) is 76.7 Å². The second-order valence-electron chi connectivity index (χ2n) is 5.59. The summed E-state index contributed by atoms with van der Waals surface area (Å²) in [4.78, 5) is 24.0. The third-order valence-corrected chi connectivity index (χ3v) is 3.76. The highest BCUT2D eigenvalue weighted by atomic mass is 35.5. The van der Waals surface area contributed by atoms with Gasteiger partial charge in [0.25, 0.3) is 11.8 Å². The van der Waals surface area contributed by atoms with E-state index in [9.17, 15) is 9.59 Å². The van der Waals surface area contributed by atoms with Crippen molar-refractivity contribution in [2.45, 2.75) is 26.4 Å². The summed E-state index contributed by atoms with van der Waals surface area (Å²) in [7, 11) is 0. The Morgan fingerprint density at radius 3 is 2.58 bits per heavy atom. The highest BCUT2D eigenvalue weighted by Gasteiger charge is 2.19. The standard InChI is InChI=1S/C19H21ClN2O4/c1-3-16(26-14-8-6-7-13(2)11-14)19(24)22-21-18(23)12-25-17-10-5-4-9-15(17)20/h4-11,16H,3,12H2,1-2H3,(H,21,23)(H,22,24). The monoisotopic (exact) mass is 376 g/mol. The Hall–Kier alpha value is -2.73. The van der Waals surface area contributed by atoms with E-state index in [0.29, 0.717) is 22.9 Å². The summed E-state index contributed by atoms with van der Waals surface area (Å²) in [6.07, 6.45) is -0.271. The van der Waals surface area contributed by atoms with Gasteiger partial charge in [0.1, 0.15) is 11.5 Å². The molecule has 2 rings (SSSR count). The first-order chi connectivity index (χ1) is 12.5. The van der Waals surface area contributed by atoms with Crippen LogP contribution in [0.15, 0.2) is 48.5 Å². The van der Waals surface area contributed by atoms with Gasteiger partial charge in [-0.1, -0.05) is 42.8 Å². The smallest absolute Gasteiger partial charge is 0.279 e. The Kier molecular flexibility index (Phi) is 7.29. The third kappa shape index (κ3) is 5.97. The van der Waals surface area contributed by atoms with E-state index in [1.165, 1.54) is 0 Å². The van der Waals surface area contributed by atoms with E-state index < -0.39 is 17.9 Å². The number of ether oxygens (including phenoxy) is 2. The number of aryl methyl sites for hydroxylation is 1. The maximum Gasteiger partial charge on any atom is 0.279 e. The van der Waals surface area contributed by atoms with Crippen molar-refractivity contribution in [1.82, 2.24) is 10.9 Å². The van der Waals surface area contributed by atoms with E-state index in [4.69, 9.17) is 21.1 Å². The van der Waals surface area contributed by atoms with Crippen LogP contribution in [0.3, 0.4) is 0 Å². The van der Waals surface area contributed by atoms with Crippen LogP contribution in [0, 0.1) is 6.92 Å². The van der Waals surface area contributed by atoms with Gasteiger partial charge in [-0.15, -0.1) is 0 Å². The fourth-order valence-electron chi connectivity index (χ4n) is 2.13. The minimum atomic E-state index is -0.721. The minimum absolute atomic E-state index is 0.278. The van der Waals surface area contributed by atoms with Crippen LogP contribution in [0.4, 0.5) is 0 Å². The van der Waals surface area contributed by atoms with Crippen LogP contribution in [0.5, 0.6) is 11.5 Å². The van der Waals surface area contributed by atoms with Crippen LogP contribution in [-0.4, -0.2) is 24.5 Å². The SMILES string of the molecule is CCC(Oc1cccc(C)c1)C(=O)NNC(=O)COc1ccccc1Cl. The summed E-state index contributed by atoms with van der Waals surface area (Å²) in [6, 6.07) is 14.2. The summed E-state index contributed by atoms with van der Waals surface area (Å²) >= 11 is 5.94. The zero-order chi connectivity index (χ0) is 18.9. The van der Waals surface area contributed by atoms with Crippen LogP contribution >= 0.6 is 11.6 Å². The quantitative estimate of drug-likeness (QED) is 0.728. The van der Waals surface area contributed by atoms with Crippen molar-refractivity contribution in [3.63, 3.8) is 0 Å². The van der Waals surface area contributed by atoms with Crippen LogP contribution < -0.4 is 20.3 Å². The van der Waals surface area contributed by atoms with Crippen molar-refractivity contribution in [2.24, 2.45) is 0 Å². The molecule has 6 nitrogen and oxygen atoms in total. The first kappa shape index (κ1) is 19.6. The first-order valence-electron chi connectivity index (χ1n) is 8.19. The lowest BCUT2D eigenvalue weighted by Gasteiger charge is -2.18. The van der Waals surface area contributed by atoms with Gasteiger partial charge in [-0.3, -0.25) is 20.4 Å². The van der Waals surface area contributed by atoms with Crippen LogP contribution in [-0.2, 0) is 9.59 Å². The Morgan fingerprint density at radius 2 is 1.88 bits per heavy atom. The van der Waals surface area contributed by atoms with Gasteiger partial charge in [0.05, 0.1) is 5.02 Å². The summed E-state index contributed by atoms with van der Waals surface area (Å²) in [5, 5.41) is 0.405. The van der Waals surface area contributed by atoms with E-state index >= 15 is 0 Å². The van der Waals surface area contributed by atoms with Crippen LogP contribution in [0.2, 0.25) is 5.02 Å². The largest absolute Gasteiger partial charge is 0.482 e. The zero-order valence-electron chi connectivity index (χ0n) is 14.6. The minimum Gasteiger partial charge on any atom is -0.482 e. The molecule has 2 N–H and O–H groups in total. The molecule has 7 heteroatoms. The predicted molar refractivity (Wildman–Crippen MR) is 99.1 cm³/mol. The molecule has 2 amide bonds. The third-order valence-electron chi connectivity index (χ3n) is 3.45. The average molecular weight is 377 g/mol. The second-order valence-corrected chi connectivity index (χ2v) is 5.99. The Balaban J connectivity index is 1.80.